The highest BCUT2D eigenvalue weighted by atomic mass is 16.5. The van der Waals surface area contributed by atoms with Gasteiger partial charge >= 0.3 is 5.97 Å². The second-order valence-corrected chi connectivity index (χ2v) is 5.61. The van der Waals surface area contributed by atoms with E-state index in [0.29, 0.717) is 13.0 Å². The molecule has 0 saturated heterocycles. The minimum atomic E-state index is -0.176. The topological polar surface area (TPSA) is 46.6 Å². The fraction of sp³-hybridized carbons (Fsp3) is 0.529. The summed E-state index contributed by atoms with van der Waals surface area (Å²) in [7, 11) is 0. The minimum absolute atomic E-state index is 0.0719. The van der Waals surface area contributed by atoms with Crippen LogP contribution in [-0.4, -0.2) is 25.0 Å². The normalized spacial score (nSPS) is 13.2. The Morgan fingerprint density at radius 2 is 2.05 bits per heavy atom. The third kappa shape index (κ3) is 3.09. The van der Waals surface area contributed by atoms with Gasteiger partial charge in [-0.25, -0.2) is 0 Å². The van der Waals surface area contributed by atoms with Gasteiger partial charge in [0.15, 0.2) is 0 Å². The molecule has 114 valence electrons. The van der Waals surface area contributed by atoms with E-state index in [1.807, 2.05) is 31.7 Å². The molecule has 0 aliphatic carbocycles. The number of esters is 1. The van der Waals surface area contributed by atoms with Crippen molar-refractivity contribution in [1.29, 1.82) is 0 Å². The summed E-state index contributed by atoms with van der Waals surface area (Å²) in [6.07, 6.45) is 2.00. The van der Waals surface area contributed by atoms with Crippen LogP contribution in [-0.2, 0) is 27.2 Å². The molecular weight excluding hydrogens is 266 g/mol. The number of aryl methyl sites for hydroxylation is 1. The van der Waals surface area contributed by atoms with Crippen molar-refractivity contribution < 1.29 is 14.3 Å². The number of carbonyl (C=O) groups excluding carboxylic acids is 2. The third-order valence-electron chi connectivity index (χ3n) is 4.09. The molecule has 1 aliphatic heterocycles. The van der Waals surface area contributed by atoms with Gasteiger partial charge < -0.3 is 9.64 Å². The zero-order chi connectivity index (χ0) is 15.6. The standard InChI is InChI=1S/C17H23NO3/c1-5-8-21-17(20)10-15-11(2)9-16-14(12(15)3)6-7-18(16)13(4)19/h9H,5-8,10H2,1-4H3. The minimum Gasteiger partial charge on any atom is -0.465 e. The van der Waals surface area contributed by atoms with Crippen LogP contribution in [0.5, 0.6) is 0 Å². The average Bonchev–Trinajstić information content (AvgIpc) is 2.85. The first-order chi connectivity index (χ1) is 9.95. The van der Waals surface area contributed by atoms with Crippen LogP contribution in [0.2, 0.25) is 0 Å². The lowest BCUT2D eigenvalue weighted by Crippen LogP contribution is -2.25. The van der Waals surface area contributed by atoms with Gasteiger partial charge in [-0.3, -0.25) is 9.59 Å². The Hall–Kier alpha value is -1.84. The third-order valence-corrected chi connectivity index (χ3v) is 4.09. The molecule has 2 rings (SSSR count). The van der Waals surface area contributed by atoms with Crippen LogP contribution in [0.1, 0.15) is 42.5 Å². The van der Waals surface area contributed by atoms with Crippen molar-refractivity contribution in [2.24, 2.45) is 0 Å². The molecule has 1 aromatic carbocycles. The second kappa shape index (κ2) is 6.29. The van der Waals surface area contributed by atoms with Crippen LogP contribution < -0.4 is 4.90 Å². The summed E-state index contributed by atoms with van der Waals surface area (Å²) in [5.41, 5.74) is 5.41. The lowest BCUT2D eigenvalue weighted by Gasteiger charge is -2.18. The molecule has 1 aliphatic rings. The van der Waals surface area contributed by atoms with E-state index in [1.54, 1.807) is 6.92 Å². The van der Waals surface area contributed by atoms with Gasteiger partial charge in [0.1, 0.15) is 0 Å². The van der Waals surface area contributed by atoms with Crippen molar-refractivity contribution in [2.75, 3.05) is 18.1 Å². The number of fused-ring (bicyclic) bond motifs is 1. The van der Waals surface area contributed by atoms with Gasteiger partial charge in [-0.05, 0) is 55.0 Å². The first-order valence-corrected chi connectivity index (χ1v) is 7.51. The summed E-state index contributed by atoms with van der Waals surface area (Å²) < 4.78 is 5.18. The lowest BCUT2D eigenvalue weighted by molar-refractivity contribution is -0.142. The van der Waals surface area contributed by atoms with Crippen LogP contribution in [0, 0.1) is 13.8 Å². The van der Waals surface area contributed by atoms with E-state index in [9.17, 15) is 9.59 Å². The van der Waals surface area contributed by atoms with Crippen LogP contribution in [0.4, 0.5) is 5.69 Å². The number of nitrogens with zero attached hydrogens (tertiary/aromatic N) is 1. The van der Waals surface area contributed by atoms with Crippen molar-refractivity contribution in [3.8, 4) is 0 Å². The van der Waals surface area contributed by atoms with Crippen molar-refractivity contribution in [2.45, 2.75) is 47.0 Å². The number of ether oxygens (including phenoxy) is 1. The number of hydrogen-bond acceptors (Lipinski definition) is 3. The molecule has 1 amide bonds. The van der Waals surface area contributed by atoms with Crippen LogP contribution >= 0.6 is 0 Å². The highest BCUT2D eigenvalue weighted by molar-refractivity contribution is 5.94. The fourth-order valence-electron chi connectivity index (χ4n) is 2.96. The number of anilines is 1. The Morgan fingerprint density at radius 1 is 1.33 bits per heavy atom. The molecule has 0 saturated carbocycles. The number of carbonyl (C=O) groups is 2. The van der Waals surface area contributed by atoms with Gasteiger partial charge in [-0.15, -0.1) is 0 Å². The molecule has 0 aromatic heterocycles. The van der Waals surface area contributed by atoms with E-state index < -0.39 is 0 Å². The van der Waals surface area contributed by atoms with Crippen molar-refractivity contribution in [3.63, 3.8) is 0 Å². The monoisotopic (exact) mass is 289 g/mol. The molecular formula is C17H23NO3. The first-order valence-electron chi connectivity index (χ1n) is 7.51. The summed E-state index contributed by atoms with van der Waals surface area (Å²) in [6.45, 7) is 8.81. The Labute approximate surface area is 126 Å². The van der Waals surface area contributed by atoms with Gasteiger partial charge in [0.2, 0.25) is 5.91 Å². The number of rotatable bonds is 4. The van der Waals surface area contributed by atoms with Gasteiger partial charge in [0, 0.05) is 19.2 Å². The van der Waals surface area contributed by atoms with Crippen LogP contribution in [0.3, 0.4) is 0 Å². The SMILES string of the molecule is CCCOC(=O)Cc1c(C)cc2c(c1C)CCN2C(C)=O. The zero-order valence-electron chi connectivity index (χ0n) is 13.3. The molecule has 0 radical (unpaired) electrons. The van der Waals surface area contributed by atoms with Gasteiger partial charge in [-0.1, -0.05) is 6.92 Å². The van der Waals surface area contributed by atoms with Gasteiger partial charge in [0.25, 0.3) is 0 Å². The largest absolute Gasteiger partial charge is 0.465 e. The Bertz CT molecular complexity index is 578. The second-order valence-electron chi connectivity index (χ2n) is 5.61. The molecule has 4 heteroatoms. The predicted octanol–water partition coefficient (Wildman–Crippen LogP) is 2.71. The van der Waals surface area contributed by atoms with Crippen molar-refractivity contribution in [3.05, 3.63) is 28.3 Å². The molecule has 0 spiro atoms. The Morgan fingerprint density at radius 3 is 2.67 bits per heavy atom. The molecule has 0 bridgehead atoms. The summed E-state index contributed by atoms with van der Waals surface area (Å²) in [5.74, 6) is -0.105. The number of benzene rings is 1. The smallest absolute Gasteiger partial charge is 0.310 e. The maximum Gasteiger partial charge on any atom is 0.310 e. The molecule has 0 unspecified atom stereocenters. The van der Waals surface area contributed by atoms with Gasteiger partial charge in [-0.2, -0.15) is 0 Å². The molecule has 0 N–H and O–H groups in total. The van der Waals surface area contributed by atoms with Crippen LogP contribution in [0.25, 0.3) is 0 Å². The molecule has 0 fully saturated rings. The molecule has 1 heterocycles. The number of amides is 1. The fourth-order valence-corrected chi connectivity index (χ4v) is 2.96. The number of hydrogen-bond donors (Lipinski definition) is 0. The van der Waals surface area contributed by atoms with E-state index in [0.717, 1.165) is 41.8 Å². The molecule has 21 heavy (non-hydrogen) atoms. The molecule has 1 aromatic rings. The Balaban J connectivity index is 2.30. The Kier molecular flexibility index (Phi) is 4.66. The average molecular weight is 289 g/mol. The summed E-state index contributed by atoms with van der Waals surface area (Å²) >= 11 is 0. The predicted molar refractivity (Wildman–Crippen MR) is 82.6 cm³/mol. The van der Waals surface area contributed by atoms with E-state index in [1.165, 1.54) is 5.56 Å². The first kappa shape index (κ1) is 15.5. The van der Waals surface area contributed by atoms with E-state index >= 15 is 0 Å². The van der Waals surface area contributed by atoms with Gasteiger partial charge in [0.05, 0.1) is 13.0 Å². The summed E-state index contributed by atoms with van der Waals surface area (Å²) in [6, 6.07) is 2.03. The zero-order valence-corrected chi connectivity index (χ0v) is 13.3. The quantitative estimate of drug-likeness (QED) is 0.801. The lowest BCUT2D eigenvalue weighted by atomic mass is 9.93. The van der Waals surface area contributed by atoms with E-state index in [4.69, 9.17) is 4.74 Å². The highest BCUT2D eigenvalue weighted by Gasteiger charge is 2.26. The van der Waals surface area contributed by atoms with Crippen molar-refractivity contribution in [1.82, 2.24) is 0 Å². The maximum atomic E-state index is 11.9. The van der Waals surface area contributed by atoms with Crippen LogP contribution in [0.15, 0.2) is 6.07 Å². The highest BCUT2D eigenvalue weighted by Crippen LogP contribution is 2.34. The van der Waals surface area contributed by atoms with Crippen molar-refractivity contribution >= 4 is 17.6 Å². The van der Waals surface area contributed by atoms with E-state index in [2.05, 4.69) is 0 Å². The maximum absolute atomic E-state index is 11.9. The summed E-state index contributed by atoms with van der Waals surface area (Å²) in [4.78, 5) is 25.3. The molecule has 0 atom stereocenters. The molecule has 4 nitrogen and oxygen atoms in total. The summed E-state index contributed by atoms with van der Waals surface area (Å²) in [5, 5.41) is 0. The van der Waals surface area contributed by atoms with E-state index in [-0.39, 0.29) is 11.9 Å².